The first kappa shape index (κ1) is 23.6. The number of carbonyl (C=O) groups is 3. The second-order valence-electron chi connectivity index (χ2n) is 6.18. The van der Waals surface area contributed by atoms with Crippen molar-refractivity contribution in [1.29, 1.82) is 0 Å². The number of halogens is 1. The fraction of sp³-hybridized carbons (Fsp3) is 0.500. The number of hydrogen-bond acceptors (Lipinski definition) is 7. The molecule has 0 atom stereocenters. The lowest BCUT2D eigenvalue weighted by atomic mass is 10.1. The van der Waals surface area contributed by atoms with Crippen LogP contribution in [0.5, 0.6) is 0 Å². The smallest absolute Gasteiger partial charge is 0.339 e. The Morgan fingerprint density at radius 1 is 1.07 bits per heavy atom. The minimum atomic E-state index is -1.32. The maximum Gasteiger partial charge on any atom is 0.339 e. The van der Waals surface area contributed by atoms with E-state index < -0.39 is 23.8 Å². The normalized spacial score (nSPS) is 11.1. The first-order valence-corrected chi connectivity index (χ1v) is 9.56. The van der Waals surface area contributed by atoms with E-state index in [4.69, 9.17) is 25.8 Å². The zero-order valence-electron chi connectivity index (χ0n) is 16.6. The Morgan fingerprint density at radius 2 is 1.64 bits per heavy atom. The predicted octanol–water partition coefficient (Wildman–Crippen LogP) is 4.13. The molecule has 0 aliphatic rings. The van der Waals surface area contributed by atoms with E-state index in [9.17, 15) is 14.4 Å². The number of esters is 3. The fourth-order valence-corrected chi connectivity index (χ4v) is 2.26. The van der Waals surface area contributed by atoms with E-state index in [2.05, 4.69) is 4.99 Å². The molecule has 28 heavy (non-hydrogen) atoms. The quantitative estimate of drug-likeness (QED) is 0.249. The first-order valence-electron chi connectivity index (χ1n) is 9.18. The van der Waals surface area contributed by atoms with Gasteiger partial charge in [0.1, 0.15) is 0 Å². The molecule has 0 N–H and O–H groups in total. The van der Waals surface area contributed by atoms with Crippen LogP contribution in [0.3, 0.4) is 0 Å². The number of aliphatic imine (C=N–C) groups is 1. The lowest BCUT2D eigenvalue weighted by Gasteiger charge is -2.12. The van der Waals surface area contributed by atoms with E-state index in [0.29, 0.717) is 12.8 Å². The van der Waals surface area contributed by atoms with Gasteiger partial charge in [0.15, 0.2) is 5.92 Å². The van der Waals surface area contributed by atoms with Crippen LogP contribution in [0, 0.1) is 5.92 Å². The summed E-state index contributed by atoms with van der Waals surface area (Å²) in [5, 5.41) is 0.0620. The molecular formula is C20H26ClNO6. The average Bonchev–Trinajstić information content (AvgIpc) is 2.65. The van der Waals surface area contributed by atoms with Gasteiger partial charge in [0, 0.05) is 6.21 Å². The summed E-state index contributed by atoms with van der Waals surface area (Å²) in [4.78, 5) is 40.6. The molecule has 0 aromatic heterocycles. The molecule has 0 radical (unpaired) electrons. The minimum absolute atomic E-state index is 0.0620. The summed E-state index contributed by atoms with van der Waals surface area (Å²) in [5.41, 5.74) is 0.361. The van der Waals surface area contributed by atoms with Gasteiger partial charge in [-0.1, -0.05) is 31.5 Å². The van der Waals surface area contributed by atoms with Gasteiger partial charge in [-0.25, -0.2) is 4.79 Å². The summed E-state index contributed by atoms with van der Waals surface area (Å²) < 4.78 is 15.2. The summed E-state index contributed by atoms with van der Waals surface area (Å²) in [6.07, 6.45) is 2.05. The maximum atomic E-state index is 12.2. The first-order chi connectivity index (χ1) is 13.3. The Bertz CT molecular complexity index is 697. The highest BCUT2D eigenvalue weighted by molar-refractivity contribution is 6.36. The van der Waals surface area contributed by atoms with E-state index in [1.807, 2.05) is 13.8 Å². The molecule has 1 aromatic rings. The molecule has 0 saturated heterocycles. The summed E-state index contributed by atoms with van der Waals surface area (Å²) in [6, 6.07) is 4.64. The van der Waals surface area contributed by atoms with Gasteiger partial charge < -0.3 is 14.2 Å². The lowest BCUT2D eigenvalue weighted by molar-refractivity contribution is -0.158. The van der Waals surface area contributed by atoms with Gasteiger partial charge in [-0.3, -0.25) is 14.6 Å². The summed E-state index contributed by atoms with van der Waals surface area (Å²) in [7, 11) is 0. The third-order valence-corrected chi connectivity index (χ3v) is 3.71. The van der Waals surface area contributed by atoms with Crippen LogP contribution in [0.15, 0.2) is 23.2 Å². The Balaban J connectivity index is 3.09. The molecule has 1 rings (SSSR count). The molecule has 0 aliphatic heterocycles. The van der Waals surface area contributed by atoms with E-state index in [0.717, 1.165) is 6.21 Å². The van der Waals surface area contributed by atoms with Crippen LogP contribution in [0.25, 0.3) is 0 Å². The van der Waals surface area contributed by atoms with Gasteiger partial charge in [-0.2, -0.15) is 0 Å². The zero-order valence-corrected chi connectivity index (χ0v) is 17.3. The second-order valence-corrected chi connectivity index (χ2v) is 6.56. The van der Waals surface area contributed by atoms with Gasteiger partial charge in [-0.15, -0.1) is 0 Å². The third-order valence-electron chi connectivity index (χ3n) is 3.31. The highest BCUT2D eigenvalue weighted by Crippen LogP contribution is 2.29. The fourth-order valence-electron chi connectivity index (χ4n) is 2.01. The summed E-state index contributed by atoms with van der Waals surface area (Å²) >= 11 is 6.25. The topological polar surface area (TPSA) is 91.3 Å². The number of carbonyl (C=O) groups excluding carboxylic acids is 3. The largest absolute Gasteiger partial charge is 0.465 e. The van der Waals surface area contributed by atoms with Gasteiger partial charge in [0.2, 0.25) is 0 Å². The second kappa shape index (κ2) is 12.1. The molecule has 7 nitrogen and oxygen atoms in total. The van der Waals surface area contributed by atoms with E-state index in [1.54, 1.807) is 26.0 Å². The Morgan fingerprint density at radius 3 is 2.14 bits per heavy atom. The van der Waals surface area contributed by atoms with Crippen LogP contribution >= 0.6 is 11.6 Å². The molecule has 0 spiro atoms. The molecule has 0 aliphatic carbocycles. The van der Waals surface area contributed by atoms with Crippen molar-refractivity contribution in [2.45, 2.75) is 46.6 Å². The van der Waals surface area contributed by atoms with Crippen molar-refractivity contribution in [3.05, 3.63) is 28.8 Å². The van der Waals surface area contributed by atoms with Crippen LogP contribution in [0.2, 0.25) is 5.02 Å². The van der Waals surface area contributed by atoms with Crippen LogP contribution < -0.4 is 0 Å². The van der Waals surface area contributed by atoms with E-state index in [1.165, 1.54) is 6.07 Å². The SMILES string of the molecule is CCCOC(=O)C(C=Nc1cccc(C(=O)OC(C)C)c1Cl)C(=O)OCCC. The van der Waals surface area contributed by atoms with E-state index >= 15 is 0 Å². The molecule has 0 fully saturated rings. The van der Waals surface area contributed by atoms with Crippen molar-refractivity contribution in [3.8, 4) is 0 Å². The number of benzene rings is 1. The number of rotatable bonds is 10. The molecule has 8 heteroatoms. The van der Waals surface area contributed by atoms with Crippen molar-refractivity contribution in [2.75, 3.05) is 13.2 Å². The molecule has 0 amide bonds. The third kappa shape index (κ3) is 7.31. The van der Waals surface area contributed by atoms with Gasteiger partial charge >= 0.3 is 17.9 Å². The lowest BCUT2D eigenvalue weighted by Crippen LogP contribution is -2.29. The maximum absolute atomic E-state index is 12.2. The Hall–Kier alpha value is -2.41. The van der Waals surface area contributed by atoms with Gasteiger partial charge in [0.05, 0.1) is 35.6 Å². The van der Waals surface area contributed by atoms with Crippen molar-refractivity contribution in [2.24, 2.45) is 10.9 Å². The van der Waals surface area contributed by atoms with Crippen LogP contribution in [-0.4, -0.2) is 43.4 Å². The van der Waals surface area contributed by atoms with Gasteiger partial charge in [0.25, 0.3) is 0 Å². The number of hydrogen-bond donors (Lipinski definition) is 0. The van der Waals surface area contributed by atoms with Crippen LogP contribution in [0.1, 0.15) is 50.9 Å². The number of ether oxygens (including phenoxy) is 3. The minimum Gasteiger partial charge on any atom is -0.465 e. The Labute approximate surface area is 170 Å². The Kier molecular flexibility index (Phi) is 10.2. The van der Waals surface area contributed by atoms with Crippen LogP contribution in [-0.2, 0) is 23.8 Å². The van der Waals surface area contributed by atoms with Crippen molar-refractivity contribution in [3.63, 3.8) is 0 Å². The van der Waals surface area contributed by atoms with Crippen molar-refractivity contribution in [1.82, 2.24) is 0 Å². The highest BCUT2D eigenvalue weighted by Gasteiger charge is 2.28. The highest BCUT2D eigenvalue weighted by atomic mass is 35.5. The summed E-state index contributed by atoms with van der Waals surface area (Å²) in [6.45, 7) is 7.49. The van der Waals surface area contributed by atoms with E-state index in [-0.39, 0.29) is 35.6 Å². The molecule has 0 saturated carbocycles. The van der Waals surface area contributed by atoms with Crippen molar-refractivity contribution < 1.29 is 28.6 Å². The molecule has 1 aromatic carbocycles. The standard InChI is InChI=1S/C20H26ClNO6/c1-5-10-26-18(23)15(19(24)27-11-6-2)12-22-16-9-7-8-14(17(16)21)20(25)28-13(3)4/h7-9,12-13,15H,5-6,10-11H2,1-4H3. The number of nitrogens with zero attached hydrogens (tertiary/aromatic N) is 1. The molecule has 154 valence electrons. The average molecular weight is 412 g/mol. The zero-order chi connectivity index (χ0) is 21.1. The van der Waals surface area contributed by atoms with Crippen molar-refractivity contribution >= 4 is 41.4 Å². The summed E-state index contributed by atoms with van der Waals surface area (Å²) in [5.74, 6) is -3.41. The molecule has 0 unspecified atom stereocenters. The molecule has 0 heterocycles. The van der Waals surface area contributed by atoms with Gasteiger partial charge in [-0.05, 0) is 38.8 Å². The molecule has 0 bridgehead atoms. The molecular weight excluding hydrogens is 386 g/mol. The monoisotopic (exact) mass is 411 g/mol. The predicted molar refractivity (Wildman–Crippen MR) is 106 cm³/mol. The van der Waals surface area contributed by atoms with Crippen LogP contribution in [0.4, 0.5) is 5.69 Å².